The Balaban J connectivity index is 3.51. The van der Waals surface area contributed by atoms with Gasteiger partial charge in [0.05, 0.1) is 6.61 Å². The molecular formula is C79H136O5. The lowest BCUT2D eigenvalue weighted by molar-refractivity contribution is -0.161. The Morgan fingerprint density at radius 1 is 0.286 bits per heavy atom. The summed E-state index contributed by atoms with van der Waals surface area (Å²) in [7, 11) is 0. The summed E-state index contributed by atoms with van der Waals surface area (Å²) >= 11 is 0. The maximum absolute atomic E-state index is 12.4. The minimum Gasteiger partial charge on any atom is -0.462 e. The maximum Gasteiger partial charge on any atom is 0.306 e. The van der Waals surface area contributed by atoms with Gasteiger partial charge in [-0.15, -0.1) is 0 Å². The van der Waals surface area contributed by atoms with E-state index >= 15 is 0 Å². The Morgan fingerprint density at radius 2 is 0.512 bits per heavy atom. The van der Waals surface area contributed by atoms with Crippen LogP contribution in [0.1, 0.15) is 348 Å². The number of allylic oxidation sites excluding steroid dienone is 20. The molecule has 5 nitrogen and oxygen atoms in total. The Kier molecular flexibility index (Phi) is 70.3. The van der Waals surface area contributed by atoms with Gasteiger partial charge in [-0.3, -0.25) is 9.59 Å². The molecule has 1 unspecified atom stereocenters. The van der Waals surface area contributed by atoms with Crippen molar-refractivity contribution in [2.24, 2.45) is 0 Å². The molecule has 0 saturated heterocycles. The van der Waals surface area contributed by atoms with Gasteiger partial charge in [-0.05, 0) is 89.9 Å². The van der Waals surface area contributed by atoms with Crippen molar-refractivity contribution in [1.29, 1.82) is 0 Å². The van der Waals surface area contributed by atoms with Crippen LogP contribution in [0.5, 0.6) is 0 Å². The molecule has 5 heteroatoms. The van der Waals surface area contributed by atoms with E-state index in [0.29, 0.717) is 12.8 Å². The number of unbranched alkanes of at least 4 members (excludes halogenated alkanes) is 38. The van der Waals surface area contributed by atoms with Crippen LogP contribution in [0.4, 0.5) is 0 Å². The number of hydrogen-bond donors (Lipinski definition) is 1. The highest BCUT2D eigenvalue weighted by atomic mass is 16.6. The zero-order valence-corrected chi connectivity index (χ0v) is 55.4. The van der Waals surface area contributed by atoms with Crippen LogP contribution < -0.4 is 0 Å². The van der Waals surface area contributed by atoms with Crippen LogP contribution in [0.25, 0.3) is 0 Å². The fourth-order valence-electron chi connectivity index (χ4n) is 10.4. The molecule has 0 rings (SSSR count). The lowest BCUT2D eigenvalue weighted by Crippen LogP contribution is -2.28. The van der Waals surface area contributed by atoms with Crippen molar-refractivity contribution in [3.8, 4) is 0 Å². The predicted octanol–water partition coefficient (Wildman–Crippen LogP) is 25.3. The maximum atomic E-state index is 12.4. The SMILES string of the molecule is CC/C=C\C/C=C\C/C=C\C/C=C\C/C=C\C/C=C\C/C=C\C/C=C\C/C=C\C/C=C\CCCCCCCCCCCCC(=O)OC(CO)COC(=O)CCCCCCCCCCCCCCCCCCCCCCCCCCCCCCC. The van der Waals surface area contributed by atoms with E-state index in [4.69, 9.17) is 9.47 Å². The van der Waals surface area contributed by atoms with Crippen LogP contribution in [0.3, 0.4) is 0 Å². The van der Waals surface area contributed by atoms with Gasteiger partial charge >= 0.3 is 11.9 Å². The molecule has 0 bridgehead atoms. The first kappa shape index (κ1) is 80.3. The van der Waals surface area contributed by atoms with Crippen LogP contribution >= 0.6 is 0 Å². The molecule has 0 aliphatic heterocycles. The summed E-state index contributed by atoms with van der Waals surface area (Å²) in [4.78, 5) is 24.7. The van der Waals surface area contributed by atoms with Gasteiger partial charge < -0.3 is 14.6 Å². The summed E-state index contributed by atoms with van der Waals surface area (Å²) < 4.78 is 10.8. The fraction of sp³-hybridized carbons (Fsp3) is 0.722. The van der Waals surface area contributed by atoms with Crippen molar-refractivity contribution in [3.63, 3.8) is 0 Å². The number of ether oxygens (including phenoxy) is 2. The highest BCUT2D eigenvalue weighted by Crippen LogP contribution is 2.18. The Labute approximate surface area is 522 Å². The fourth-order valence-corrected chi connectivity index (χ4v) is 10.4. The summed E-state index contributed by atoms with van der Waals surface area (Å²) in [6, 6.07) is 0. The lowest BCUT2D eigenvalue weighted by atomic mass is 10.0. The van der Waals surface area contributed by atoms with Gasteiger partial charge in [0.25, 0.3) is 0 Å². The summed E-state index contributed by atoms with van der Waals surface area (Å²) in [5.41, 5.74) is 0. The molecule has 0 aromatic rings. The monoisotopic (exact) mass is 1170 g/mol. The van der Waals surface area contributed by atoms with Gasteiger partial charge in [-0.25, -0.2) is 0 Å². The van der Waals surface area contributed by atoms with Crippen molar-refractivity contribution >= 4 is 11.9 Å². The molecule has 0 aliphatic rings. The standard InChI is InChI=1S/C79H136O5/c1-3-5-7-9-11-13-15-17-19-21-23-25-27-29-31-33-34-35-36-37-38-39-40-41-42-43-44-46-48-50-52-54-56-58-60-62-64-66-68-70-72-74-79(82)84-77(75-80)76-83-78(81)73-71-69-67-65-63-61-59-57-55-53-51-49-47-45-32-30-28-26-24-22-20-18-16-14-12-10-8-6-4-2/h5,7,11,13,17,19,23,25,29,31,34-35,37-38,40-41,43-44,48,50,77,80H,3-4,6,8-10,12,14-16,18,20-22,24,26-28,30,32-33,36,39,42,45-47,49,51-76H2,1-2H3/b7-5-,13-11-,19-17-,25-23-,31-29-,35-34-,38-37-,41-40-,44-43-,50-48-. The number of hydrogen-bond acceptors (Lipinski definition) is 5. The van der Waals surface area contributed by atoms with E-state index in [1.165, 1.54) is 218 Å². The summed E-state index contributed by atoms with van der Waals surface area (Å²) in [5.74, 6) is -0.585. The molecule has 0 fully saturated rings. The number of esters is 2. The Hall–Kier alpha value is -3.70. The van der Waals surface area contributed by atoms with E-state index in [0.717, 1.165) is 103 Å². The van der Waals surface area contributed by atoms with Crippen molar-refractivity contribution in [2.45, 2.75) is 354 Å². The molecule has 84 heavy (non-hydrogen) atoms. The van der Waals surface area contributed by atoms with Crippen LogP contribution in [0.2, 0.25) is 0 Å². The average Bonchev–Trinajstić information content (AvgIpc) is 3.51. The smallest absolute Gasteiger partial charge is 0.306 e. The van der Waals surface area contributed by atoms with Gasteiger partial charge in [-0.1, -0.05) is 367 Å². The average molecular weight is 1170 g/mol. The Morgan fingerprint density at radius 3 is 0.774 bits per heavy atom. The number of aliphatic hydroxyl groups is 1. The van der Waals surface area contributed by atoms with E-state index < -0.39 is 6.10 Å². The van der Waals surface area contributed by atoms with Gasteiger partial charge in [-0.2, -0.15) is 0 Å². The molecule has 0 aromatic heterocycles. The molecule has 0 amide bonds. The summed E-state index contributed by atoms with van der Waals surface area (Å²) in [6.45, 7) is 4.06. The molecule has 1 atom stereocenters. The van der Waals surface area contributed by atoms with Crippen LogP contribution in [0, 0.1) is 0 Å². The van der Waals surface area contributed by atoms with Crippen LogP contribution in [0.15, 0.2) is 122 Å². The van der Waals surface area contributed by atoms with E-state index in [9.17, 15) is 14.7 Å². The zero-order valence-electron chi connectivity index (χ0n) is 55.4. The molecule has 0 radical (unpaired) electrons. The lowest BCUT2D eigenvalue weighted by Gasteiger charge is -2.15. The molecule has 0 heterocycles. The van der Waals surface area contributed by atoms with Gasteiger partial charge in [0.15, 0.2) is 6.10 Å². The summed E-state index contributed by atoms with van der Waals surface area (Å²) in [6.07, 6.45) is 108. The molecule has 0 spiro atoms. The second kappa shape index (κ2) is 73.6. The molecule has 0 aromatic carbocycles. The molecule has 482 valence electrons. The minimum absolute atomic E-state index is 0.0687. The predicted molar refractivity (Wildman–Crippen MR) is 371 cm³/mol. The first-order chi connectivity index (χ1) is 41.6. The van der Waals surface area contributed by atoms with Gasteiger partial charge in [0.2, 0.25) is 0 Å². The van der Waals surface area contributed by atoms with Crippen molar-refractivity contribution in [2.75, 3.05) is 13.2 Å². The normalized spacial score (nSPS) is 12.9. The van der Waals surface area contributed by atoms with Crippen LogP contribution in [-0.2, 0) is 19.1 Å². The van der Waals surface area contributed by atoms with Crippen molar-refractivity contribution < 1.29 is 24.2 Å². The first-order valence-corrected chi connectivity index (χ1v) is 36.1. The number of aliphatic hydroxyl groups excluding tert-OH is 1. The van der Waals surface area contributed by atoms with Crippen molar-refractivity contribution in [3.05, 3.63) is 122 Å². The van der Waals surface area contributed by atoms with Crippen molar-refractivity contribution in [1.82, 2.24) is 0 Å². The largest absolute Gasteiger partial charge is 0.462 e. The molecule has 1 N–H and O–H groups in total. The third kappa shape index (κ3) is 70.8. The quantitative estimate of drug-likeness (QED) is 0.0373. The molecule has 0 aliphatic carbocycles. The first-order valence-electron chi connectivity index (χ1n) is 36.1. The second-order valence-electron chi connectivity index (χ2n) is 23.9. The molecular weight excluding hydrogens is 1030 g/mol. The minimum atomic E-state index is -0.781. The highest BCUT2D eigenvalue weighted by Gasteiger charge is 2.16. The highest BCUT2D eigenvalue weighted by molar-refractivity contribution is 5.70. The number of carbonyl (C=O) groups is 2. The summed E-state index contributed by atoms with van der Waals surface area (Å²) in [5, 5.41) is 9.71. The number of carbonyl (C=O) groups excluding carboxylic acids is 2. The second-order valence-corrected chi connectivity index (χ2v) is 23.9. The third-order valence-corrected chi connectivity index (χ3v) is 15.8. The van der Waals surface area contributed by atoms with E-state index in [-0.39, 0.29) is 25.2 Å². The van der Waals surface area contributed by atoms with E-state index in [2.05, 4.69) is 135 Å². The van der Waals surface area contributed by atoms with E-state index in [1.807, 2.05) is 0 Å². The Bertz CT molecular complexity index is 1650. The van der Waals surface area contributed by atoms with E-state index in [1.54, 1.807) is 0 Å². The van der Waals surface area contributed by atoms with Gasteiger partial charge in [0, 0.05) is 12.8 Å². The number of rotatable bonds is 66. The topological polar surface area (TPSA) is 72.8 Å². The molecule has 0 saturated carbocycles. The van der Waals surface area contributed by atoms with Crippen LogP contribution in [-0.4, -0.2) is 36.4 Å². The van der Waals surface area contributed by atoms with Gasteiger partial charge in [0.1, 0.15) is 6.61 Å². The third-order valence-electron chi connectivity index (χ3n) is 15.8. The zero-order chi connectivity index (χ0) is 60.5.